The van der Waals surface area contributed by atoms with E-state index in [0.717, 1.165) is 45.3 Å². The number of hydrogen-bond donors (Lipinski definition) is 0. The van der Waals surface area contributed by atoms with Gasteiger partial charge in [0.2, 0.25) is 0 Å². The Morgan fingerprint density at radius 1 is 0.392 bits per heavy atom. The molecule has 11 aromatic rings. The number of fused-ring (bicyclic) bond motifs is 7. The summed E-state index contributed by atoms with van der Waals surface area (Å²) in [7, 11) is 0. The van der Waals surface area contributed by atoms with Crippen LogP contribution >= 0.6 is 11.3 Å². The second kappa shape index (κ2) is 17.6. The molecule has 0 saturated carbocycles. The van der Waals surface area contributed by atoms with Crippen LogP contribution < -0.4 is 9.80 Å². The quantitative estimate of drug-likeness (QED) is 0.135. The molecule has 0 fully saturated rings. The van der Waals surface area contributed by atoms with Gasteiger partial charge in [0.1, 0.15) is 0 Å². The van der Waals surface area contributed by atoms with Crippen LogP contribution in [-0.4, -0.2) is 0 Å². The Labute approximate surface area is 439 Å². The Morgan fingerprint density at radius 2 is 0.973 bits per heavy atom. The number of allylic oxidation sites excluding steroid dienone is 2. The lowest BCUT2D eigenvalue weighted by Gasteiger charge is -2.31. The van der Waals surface area contributed by atoms with Crippen LogP contribution in [0.3, 0.4) is 0 Å². The number of anilines is 6. The van der Waals surface area contributed by atoms with Gasteiger partial charge in [-0.2, -0.15) is 0 Å². The van der Waals surface area contributed by atoms with E-state index in [2.05, 4.69) is 282 Å². The van der Waals surface area contributed by atoms with Crippen molar-refractivity contribution in [3.8, 4) is 33.4 Å². The molecule has 2 aliphatic rings. The van der Waals surface area contributed by atoms with Crippen LogP contribution in [-0.2, 0) is 10.8 Å². The van der Waals surface area contributed by atoms with Gasteiger partial charge in [-0.3, -0.25) is 0 Å². The Bertz CT molecular complexity index is 4040. The van der Waals surface area contributed by atoms with Crippen molar-refractivity contribution in [2.45, 2.75) is 45.4 Å². The number of hydrogen-bond acceptors (Lipinski definition) is 3. The van der Waals surface area contributed by atoms with E-state index in [0.29, 0.717) is 0 Å². The van der Waals surface area contributed by atoms with Crippen molar-refractivity contribution in [2.24, 2.45) is 0 Å². The van der Waals surface area contributed by atoms with Gasteiger partial charge in [-0.05, 0) is 158 Å². The van der Waals surface area contributed by atoms with Crippen LogP contribution in [0, 0.1) is 0 Å². The molecule has 3 heteroatoms. The summed E-state index contributed by atoms with van der Waals surface area (Å²) >= 11 is 1.88. The minimum atomic E-state index is -0.261. The van der Waals surface area contributed by atoms with Gasteiger partial charge in [0.25, 0.3) is 0 Å². The first-order chi connectivity index (χ1) is 36.1. The highest BCUT2D eigenvalue weighted by Gasteiger charge is 2.39. The molecule has 74 heavy (non-hydrogen) atoms. The molecule has 0 radical (unpaired) electrons. The van der Waals surface area contributed by atoms with Gasteiger partial charge >= 0.3 is 0 Å². The fourth-order valence-corrected chi connectivity index (χ4v) is 13.6. The van der Waals surface area contributed by atoms with Crippen LogP contribution in [0.4, 0.5) is 34.1 Å². The van der Waals surface area contributed by atoms with Crippen molar-refractivity contribution in [1.82, 2.24) is 0 Å². The van der Waals surface area contributed by atoms with Gasteiger partial charge < -0.3 is 9.80 Å². The molecule has 0 bridgehead atoms. The van der Waals surface area contributed by atoms with Gasteiger partial charge in [-0.25, -0.2) is 0 Å². The third kappa shape index (κ3) is 7.29. The summed E-state index contributed by atoms with van der Waals surface area (Å²) in [6.45, 7) is 16.1. The van der Waals surface area contributed by atoms with Gasteiger partial charge in [0.15, 0.2) is 0 Å². The lowest BCUT2D eigenvalue weighted by molar-refractivity contribution is 0.660. The molecule has 0 spiro atoms. The van der Waals surface area contributed by atoms with Crippen LogP contribution in [0.1, 0.15) is 68.0 Å². The van der Waals surface area contributed by atoms with Crippen molar-refractivity contribution < 1.29 is 0 Å². The third-order valence-corrected chi connectivity index (χ3v) is 17.2. The zero-order valence-electron chi connectivity index (χ0n) is 42.5. The Morgan fingerprint density at radius 3 is 1.76 bits per heavy atom. The summed E-state index contributed by atoms with van der Waals surface area (Å²) in [6.07, 6.45) is 1.99. The standard InChI is InChI=1S/C71H56N2S/c1-7-47-21-14-15-26-58(47)68-46(2)57-39-35-50(43-64(57)71(68,5)6)51-41-55(72(52-24-12-9-13-25-52)53-36-33-49(34-37-53)48-22-10-8-11-23-48)44-56(42-51)73(66-31-20-29-62-61-28-17-19-32-67(61)74-69(62)66)54-38-40-60-59-27-16-18-30-63(59)70(3,4)65(60)45-54/h7-45H,1H2,2-6H3. The van der Waals surface area contributed by atoms with E-state index in [1.165, 1.54) is 87.0 Å². The van der Waals surface area contributed by atoms with E-state index in [4.69, 9.17) is 0 Å². The van der Waals surface area contributed by atoms with Crippen molar-refractivity contribution >= 4 is 82.9 Å². The average molecular weight is 969 g/mol. The molecule has 0 saturated heterocycles. The first-order valence-corrected chi connectivity index (χ1v) is 26.6. The van der Waals surface area contributed by atoms with Crippen molar-refractivity contribution in [1.29, 1.82) is 0 Å². The number of nitrogens with zero attached hydrogens (tertiary/aromatic N) is 2. The monoisotopic (exact) mass is 968 g/mol. The van der Waals surface area contributed by atoms with Crippen molar-refractivity contribution in [3.05, 3.63) is 270 Å². The number of rotatable bonds is 10. The zero-order valence-corrected chi connectivity index (χ0v) is 43.3. The summed E-state index contributed by atoms with van der Waals surface area (Å²) in [5.74, 6) is 0. The maximum Gasteiger partial charge on any atom is 0.0640 e. The van der Waals surface area contributed by atoms with E-state index in [1.54, 1.807) is 0 Å². The Balaban J connectivity index is 1.07. The molecule has 0 N–H and O–H groups in total. The summed E-state index contributed by atoms with van der Waals surface area (Å²) in [5.41, 5.74) is 23.8. The van der Waals surface area contributed by atoms with E-state index in [9.17, 15) is 0 Å². The normalized spacial score (nSPS) is 14.0. The third-order valence-electron chi connectivity index (χ3n) is 16.0. The maximum absolute atomic E-state index is 4.22. The minimum absolute atomic E-state index is 0.186. The fraction of sp³-hybridized carbons (Fsp3) is 0.0986. The maximum atomic E-state index is 4.22. The minimum Gasteiger partial charge on any atom is -0.310 e. The molecule has 0 atom stereocenters. The molecule has 13 rings (SSSR count). The van der Waals surface area contributed by atoms with E-state index in [1.807, 2.05) is 17.4 Å². The molecule has 0 amide bonds. The molecule has 0 unspecified atom stereocenters. The Hall–Kier alpha value is -8.50. The zero-order chi connectivity index (χ0) is 50.3. The lowest BCUT2D eigenvalue weighted by Crippen LogP contribution is -2.17. The molecule has 356 valence electrons. The second-order valence-electron chi connectivity index (χ2n) is 21.0. The molecule has 1 aromatic heterocycles. The number of para-hydroxylation sites is 1. The van der Waals surface area contributed by atoms with E-state index < -0.39 is 0 Å². The fourth-order valence-electron chi connectivity index (χ4n) is 12.4. The van der Waals surface area contributed by atoms with Crippen LogP contribution in [0.5, 0.6) is 0 Å². The molecule has 0 aliphatic heterocycles. The number of benzene rings is 10. The highest BCUT2D eigenvalue weighted by molar-refractivity contribution is 7.26. The topological polar surface area (TPSA) is 6.48 Å². The van der Waals surface area contributed by atoms with E-state index >= 15 is 0 Å². The summed E-state index contributed by atoms with van der Waals surface area (Å²) < 4.78 is 2.54. The van der Waals surface area contributed by atoms with Gasteiger partial charge in [-0.1, -0.05) is 198 Å². The molecule has 10 aromatic carbocycles. The van der Waals surface area contributed by atoms with E-state index in [-0.39, 0.29) is 10.8 Å². The van der Waals surface area contributed by atoms with Crippen LogP contribution in [0.15, 0.2) is 237 Å². The highest BCUT2D eigenvalue weighted by Crippen LogP contribution is 2.55. The Kier molecular flexibility index (Phi) is 10.8. The molecular formula is C71H56N2S. The van der Waals surface area contributed by atoms with Crippen molar-refractivity contribution in [2.75, 3.05) is 9.80 Å². The summed E-state index contributed by atoms with van der Waals surface area (Å²) in [4.78, 5) is 4.97. The SMILES string of the molecule is C=Cc1ccccc1C1=C(C)c2ccc(-c3cc(N(c4ccccc4)c4ccc(-c5ccccc5)cc4)cc(N(c4ccc5c(c4)C(C)(C)c4ccccc4-5)c4cccc5c4sc4ccccc45)c3)cc2C1(C)C. The van der Waals surface area contributed by atoms with Crippen LogP contribution in [0.2, 0.25) is 0 Å². The highest BCUT2D eigenvalue weighted by atomic mass is 32.1. The first-order valence-electron chi connectivity index (χ1n) is 25.8. The van der Waals surface area contributed by atoms with Crippen molar-refractivity contribution in [3.63, 3.8) is 0 Å². The van der Waals surface area contributed by atoms with Gasteiger partial charge in [0, 0.05) is 54.7 Å². The smallest absolute Gasteiger partial charge is 0.0640 e. The predicted molar refractivity (Wildman–Crippen MR) is 319 cm³/mol. The molecule has 2 aliphatic carbocycles. The predicted octanol–water partition coefficient (Wildman–Crippen LogP) is 20.5. The van der Waals surface area contributed by atoms with Crippen LogP contribution in [0.25, 0.3) is 70.8 Å². The molecule has 2 nitrogen and oxygen atoms in total. The lowest BCUT2D eigenvalue weighted by atomic mass is 9.76. The molecular weight excluding hydrogens is 913 g/mol. The largest absolute Gasteiger partial charge is 0.310 e. The summed E-state index contributed by atoms with van der Waals surface area (Å²) in [5, 5.41) is 2.54. The summed E-state index contributed by atoms with van der Waals surface area (Å²) in [6, 6.07) is 85.5. The number of thiophene rings is 1. The first kappa shape index (κ1) is 45.4. The molecule has 1 heterocycles. The average Bonchev–Trinajstić information content (AvgIpc) is 4.00. The second-order valence-corrected chi connectivity index (χ2v) is 22.0. The van der Waals surface area contributed by atoms with Gasteiger partial charge in [0.05, 0.1) is 10.4 Å². The van der Waals surface area contributed by atoms with Gasteiger partial charge in [-0.15, -0.1) is 11.3 Å².